The number of methoxy groups -OCH3 is 1. The Morgan fingerprint density at radius 2 is 1.38 bits per heavy atom. The quantitative estimate of drug-likeness (QED) is 0.314. The number of hydrogen-bond donors (Lipinski definition) is 0. The van der Waals surface area contributed by atoms with Gasteiger partial charge in [-0.1, -0.05) is 13.8 Å². The van der Waals surface area contributed by atoms with E-state index in [0.29, 0.717) is 12.8 Å². The third-order valence-electron chi connectivity index (χ3n) is 2.60. The molecule has 0 aliphatic carbocycles. The first-order valence-corrected chi connectivity index (χ1v) is 7.70. The van der Waals surface area contributed by atoms with Gasteiger partial charge < -0.3 is 18.9 Å². The van der Waals surface area contributed by atoms with Gasteiger partial charge in [-0.3, -0.25) is 9.59 Å². The summed E-state index contributed by atoms with van der Waals surface area (Å²) >= 11 is 0. The van der Waals surface area contributed by atoms with Gasteiger partial charge in [-0.2, -0.15) is 0 Å². The maximum Gasteiger partial charge on any atom is 0.331 e. The van der Waals surface area contributed by atoms with Crippen molar-refractivity contribution in [1.82, 2.24) is 0 Å². The van der Waals surface area contributed by atoms with Crippen molar-refractivity contribution in [2.24, 2.45) is 0 Å². The second-order valence-corrected chi connectivity index (χ2v) is 4.78. The number of ether oxygens (including phenoxy) is 4. The van der Waals surface area contributed by atoms with Gasteiger partial charge in [0.05, 0.1) is 7.11 Å². The molecular weight excluding hydrogens is 320 g/mol. The molecule has 0 aromatic rings. The lowest BCUT2D eigenvalue weighted by atomic mass is 10.3. The van der Waals surface area contributed by atoms with E-state index in [9.17, 15) is 19.2 Å². The lowest BCUT2D eigenvalue weighted by Gasteiger charge is -2.17. The number of esters is 4. The first-order valence-electron chi connectivity index (χ1n) is 7.70. The molecule has 0 saturated heterocycles. The highest BCUT2D eigenvalue weighted by Crippen LogP contribution is 2.02. The minimum Gasteiger partial charge on any atom is -0.466 e. The molecule has 0 aliphatic heterocycles. The topological polar surface area (TPSA) is 105 Å². The largest absolute Gasteiger partial charge is 0.466 e. The number of carbonyl (C=O) groups is 4. The van der Waals surface area contributed by atoms with E-state index >= 15 is 0 Å². The van der Waals surface area contributed by atoms with Gasteiger partial charge in [-0.05, 0) is 12.8 Å². The summed E-state index contributed by atoms with van der Waals surface area (Å²) in [4.78, 5) is 45.2. The molecule has 1 atom stereocenters. The zero-order chi connectivity index (χ0) is 18.4. The predicted octanol–water partition coefficient (Wildman–Crippen LogP) is 1.31. The van der Waals surface area contributed by atoms with Crippen molar-refractivity contribution < 1.29 is 38.1 Å². The minimum atomic E-state index is -0.902. The van der Waals surface area contributed by atoms with Gasteiger partial charge in [-0.25, -0.2) is 9.59 Å². The SMILES string of the molecule is CCCC(=O)OCC(COC(=O)/C=C/C(=O)OC)OC(=O)CCC. The highest BCUT2D eigenvalue weighted by molar-refractivity contribution is 5.91. The normalized spacial score (nSPS) is 11.6. The van der Waals surface area contributed by atoms with Crippen LogP contribution in [-0.4, -0.2) is 50.3 Å². The van der Waals surface area contributed by atoms with Crippen molar-refractivity contribution in [2.75, 3.05) is 20.3 Å². The number of carbonyl (C=O) groups excluding carboxylic acids is 4. The summed E-state index contributed by atoms with van der Waals surface area (Å²) in [7, 11) is 1.17. The van der Waals surface area contributed by atoms with E-state index in [2.05, 4.69) is 4.74 Å². The molecule has 0 bridgehead atoms. The zero-order valence-corrected chi connectivity index (χ0v) is 14.2. The maximum atomic E-state index is 11.5. The molecule has 0 aliphatic rings. The Hall–Kier alpha value is -2.38. The van der Waals surface area contributed by atoms with Crippen LogP contribution < -0.4 is 0 Å². The Morgan fingerprint density at radius 1 is 0.833 bits per heavy atom. The summed E-state index contributed by atoms with van der Waals surface area (Å²) in [6, 6.07) is 0. The lowest BCUT2D eigenvalue weighted by molar-refractivity contribution is -0.165. The van der Waals surface area contributed by atoms with Crippen molar-refractivity contribution in [3.8, 4) is 0 Å². The fourth-order valence-electron chi connectivity index (χ4n) is 1.45. The van der Waals surface area contributed by atoms with E-state index in [1.165, 1.54) is 7.11 Å². The van der Waals surface area contributed by atoms with Gasteiger partial charge in [0, 0.05) is 25.0 Å². The molecular formula is C16H24O8. The molecule has 0 spiro atoms. The van der Waals surface area contributed by atoms with Gasteiger partial charge in [0.1, 0.15) is 13.2 Å². The third kappa shape index (κ3) is 11.2. The van der Waals surface area contributed by atoms with Crippen LogP contribution in [0.1, 0.15) is 39.5 Å². The molecule has 0 heterocycles. The first-order chi connectivity index (χ1) is 11.4. The fraction of sp³-hybridized carbons (Fsp3) is 0.625. The van der Waals surface area contributed by atoms with Crippen LogP contribution in [0.15, 0.2) is 12.2 Å². The summed E-state index contributed by atoms with van der Waals surface area (Å²) < 4.78 is 19.3. The van der Waals surface area contributed by atoms with E-state index in [0.717, 1.165) is 12.2 Å². The summed E-state index contributed by atoms with van der Waals surface area (Å²) in [6.07, 6.45) is 2.57. The fourth-order valence-corrected chi connectivity index (χ4v) is 1.45. The Morgan fingerprint density at radius 3 is 1.96 bits per heavy atom. The Balaban J connectivity index is 4.49. The molecule has 8 nitrogen and oxygen atoms in total. The van der Waals surface area contributed by atoms with E-state index in [1.807, 2.05) is 13.8 Å². The molecule has 1 unspecified atom stereocenters. The predicted molar refractivity (Wildman–Crippen MR) is 82.8 cm³/mol. The van der Waals surface area contributed by atoms with Crippen LogP contribution in [0.2, 0.25) is 0 Å². The second kappa shape index (κ2) is 13.1. The zero-order valence-electron chi connectivity index (χ0n) is 14.2. The van der Waals surface area contributed by atoms with Gasteiger partial charge >= 0.3 is 23.9 Å². The van der Waals surface area contributed by atoms with Crippen LogP contribution in [0.3, 0.4) is 0 Å². The molecule has 0 aromatic carbocycles. The van der Waals surface area contributed by atoms with Crippen LogP contribution in [-0.2, 0) is 38.1 Å². The Bertz CT molecular complexity index is 455. The van der Waals surface area contributed by atoms with Crippen LogP contribution >= 0.6 is 0 Å². The summed E-state index contributed by atoms with van der Waals surface area (Å²) in [6.45, 7) is 3.14. The van der Waals surface area contributed by atoms with E-state index < -0.39 is 30.0 Å². The first kappa shape index (κ1) is 21.6. The smallest absolute Gasteiger partial charge is 0.331 e. The molecule has 0 amide bonds. The summed E-state index contributed by atoms with van der Waals surface area (Å²) in [5.41, 5.74) is 0. The Labute approximate surface area is 141 Å². The van der Waals surface area contributed by atoms with Crippen LogP contribution in [0.4, 0.5) is 0 Å². The molecule has 0 rings (SSSR count). The van der Waals surface area contributed by atoms with Crippen molar-refractivity contribution >= 4 is 23.9 Å². The highest BCUT2D eigenvalue weighted by Gasteiger charge is 2.18. The standard InChI is InChI=1S/C16H24O8/c1-4-6-14(18)22-10-12(24-16(20)7-5-2)11-23-15(19)9-8-13(17)21-3/h8-9,12H,4-7,10-11H2,1-3H3/b9-8+. The molecule has 24 heavy (non-hydrogen) atoms. The monoisotopic (exact) mass is 344 g/mol. The van der Waals surface area contributed by atoms with Crippen LogP contribution in [0, 0.1) is 0 Å². The van der Waals surface area contributed by atoms with Gasteiger partial charge in [0.25, 0.3) is 0 Å². The highest BCUT2D eigenvalue weighted by atomic mass is 16.6. The molecule has 0 fully saturated rings. The lowest BCUT2D eigenvalue weighted by Crippen LogP contribution is -2.30. The van der Waals surface area contributed by atoms with Gasteiger partial charge in [0.2, 0.25) is 0 Å². The molecule has 0 N–H and O–H groups in total. The number of rotatable bonds is 11. The summed E-state index contributed by atoms with van der Waals surface area (Å²) in [5.74, 6) is -2.41. The molecule has 136 valence electrons. The maximum absolute atomic E-state index is 11.5. The Kier molecular flexibility index (Phi) is 11.8. The van der Waals surface area contributed by atoms with Crippen molar-refractivity contribution in [2.45, 2.75) is 45.6 Å². The van der Waals surface area contributed by atoms with Crippen molar-refractivity contribution in [3.63, 3.8) is 0 Å². The van der Waals surface area contributed by atoms with Crippen LogP contribution in [0.25, 0.3) is 0 Å². The number of hydrogen-bond acceptors (Lipinski definition) is 8. The average molecular weight is 344 g/mol. The average Bonchev–Trinajstić information content (AvgIpc) is 2.55. The molecule has 0 saturated carbocycles. The van der Waals surface area contributed by atoms with Gasteiger partial charge in [-0.15, -0.1) is 0 Å². The van der Waals surface area contributed by atoms with E-state index in [-0.39, 0.29) is 26.1 Å². The second-order valence-electron chi connectivity index (χ2n) is 4.78. The molecule has 0 aromatic heterocycles. The summed E-state index contributed by atoms with van der Waals surface area (Å²) in [5, 5.41) is 0. The van der Waals surface area contributed by atoms with Crippen molar-refractivity contribution in [3.05, 3.63) is 12.2 Å². The van der Waals surface area contributed by atoms with Gasteiger partial charge in [0.15, 0.2) is 6.10 Å². The van der Waals surface area contributed by atoms with Crippen LogP contribution in [0.5, 0.6) is 0 Å². The van der Waals surface area contributed by atoms with Crippen molar-refractivity contribution in [1.29, 1.82) is 0 Å². The molecule has 0 radical (unpaired) electrons. The molecule has 8 heteroatoms. The van der Waals surface area contributed by atoms with E-state index in [1.54, 1.807) is 0 Å². The minimum absolute atomic E-state index is 0.204. The third-order valence-corrected chi connectivity index (χ3v) is 2.60. The van der Waals surface area contributed by atoms with E-state index in [4.69, 9.17) is 14.2 Å².